The van der Waals surface area contributed by atoms with Gasteiger partial charge in [-0.1, -0.05) is 47.1 Å². The molecular formula is C21H16ClF3N2O4. The van der Waals surface area contributed by atoms with E-state index in [9.17, 15) is 22.8 Å². The van der Waals surface area contributed by atoms with Crippen molar-refractivity contribution in [3.63, 3.8) is 0 Å². The Balaban J connectivity index is 1.94. The number of halogens is 4. The van der Waals surface area contributed by atoms with Crippen molar-refractivity contribution in [2.45, 2.75) is 26.1 Å². The third kappa shape index (κ3) is 5.05. The highest BCUT2D eigenvalue weighted by molar-refractivity contribution is 6.30. The van der Waals surface area contributed by atoms with Crippen LogP contribution in [0.5, 0.6) is 0 Å². The lowest BCUT2D eigenvalue weighted by Gasteiger charge is -2.20. The van der Waals surface area contributed by atoms with Gasteiger partial charge in [0.1, 0.15) is 11.3 Å². The number of anilines is 1. The molecule has 6 nitrogen and oxygen atoms in total. The monoisotopic (exact) mass is 452 g/mol. The van der Waals surface area contributed by atoms with Crippen LogP contribution in [0.25, 0.3) is 0 Å². The van der Waals surface area contributed by atoms with E-state index in [1.807, 2.05) is 0 Å². The SMILES string of the molecule is Cc1noc(C)c1C(=O)O[C@H](C(=O)Nc1ccc(Cl)cc1C(F)(F)F)c1ccccc1. The van der Waals surface area contributed by atoms with Gasteiger partial charge >= 0.3 is 12.1 Å². The zero-order valence-corrected chi connectivity index (χ0v) is 17.0. The van der Waals surface area contributed by atoms with Crippen molar-refractivity contribution in [2.24, 2.45) is 0 Å². The fraction of sp³-hybridized carbons (Fsp3) is 0.190. The molecule has 0 unspecified atom stereocenters. The average molecular weight is 453 g/mol. The molecule has 0 aliphatic rings. The number of alkyl halides is 3. The number of esters is 1. The minimum atomic E-state index is -4.76. The molecule has 0 saturated carbocycles. The number of aryl methyl sites for hydroxylation is 2. The van der Waals surface area contributed by atoms with Crippen molar-refractivity contribution in [1.29, 1.82) is 0 Å². The highest BCUT2D eigenvalue weighted by Crippen LogP contribution is 2.37. The highest BCUT2D eigenvalue weighted by atomic mass is 35.5. The Morgan fingerprint density at radius 2 is 1.81 bits per heavy atom. The Labute approximate surface area is 179 Å². The Hall–Kier alpha value is -3.33. The van der Waals surface area contributed by atoms with Crippen LogP contribution in [0.2, 0.25) is 5.02 Å². The summed E-state index contributed by atoms with van der Waals surface area (Å²) in [6.07, 6.45) is -6.29. The molecule has 0 spiro atoms. The molecule has 3 rings (SSSR count). The number of ether oxygens (including phenoxy) is 1. The van der Waals surface area contributed by atoms with Gasteiger partial charge in [0.2, 0.25) is 6.10 Å². The van der Waals surface area contributed by atoms with E-state index in [4.69, 9.17) is 20.9 Å². The minimum Gasteiger partial charge on any atom is -0.444 e. The van der Waals surface area contributed by atoms with Gasteiger partial charge in [-0.05, 0) is 32.0 Å². The van der Waals surface area contributed by atoms with Gasteiger partial charge in [0.25, 0.3) is 5.91 Å². The fourth-order valence-electron chi connectivity index (χ4n) is 2.90. The van der Waals surface area contributed by atoms with Crippen LogP contribution in [0.4, 0.5) is 18.9 Å². The molecule has 0 bridgehead atoms. The summed E-state index contributed by atoms with van der Waals surface area (Å²) in [5, 5.41) is 5.71. The molecule has 162 valence electrons. The quantitative estimate of drug-likeness (QED) is 0.517. The van der Waals surface area contributed by atoms with Gasteiger partial charge in [-0.25, -0.2) is 4.79 Å². The summed E-state index contributed by atoms with van der Waals surface area (Å²) in [5.74, 6) is -1.68. The number of nitrogens with zero attached hydrogens (tertiary/aromatic N) is 1. The van der Waals surface area contributed by atoms with Crippen LogP contribution in [0.3, 0.4) is 0 Å². The molecule has 0 radical (unpaired) electrons. The maximum Gasteiger partial charge on any atom is 0.418 e. The Bertz CT molecular complexity index is 1090. The summed E-state index contributed by atoms with van der Waals surface area (Å²) < 4.78 is 50.4. The lowest BCUT2D eigenvalue weighted by atomic mass is 10.1. The normalized spacial score (nSPS) is 12.3. The highest BCUT2D eigenvalue weighted by Gasteiger charge is 2.36. The van der Waals surface area contributed by atoms with Crippen LogP contribution in [0, 0.1) is 13.8 Å². The third-order valence-corrected chi connectivity index (χ3v) is 4.58. The number of rotatable bonds is 5. The molecule has 1 amide bonds. The second-order valence-corrected chi connectivity index (χ2v) is 7.01. The number of benzene rings is 2. The van der Waals surface area contributed by atoms with Gasteiger partial charge in [0.15, 0.2) is 0 Å². The second-order valence-electron chi connectivity index (χ2n) is 6.57. The van der Waals surface area contributed by atoms with E-state index >= 15 is 0 Å². The number of carbonyl (C=O) groups excluding carboxylic acids is 2. The molecule has 0 aliphatic carbocycles. The standard InChI is InChI=1S/C21H16ClF3N2O4/c1-11-17(12(2)31-27-11)20(29)30-18(13-6-4-3-5-7-13)19(28)26-16-9-8-14(22)10-15(16)21(23,24)25/h3-10,18H,1-2H3,(H,26,28)/t18-/m0/s1. The van der Waals surface area contributed by atoms with Gasteiger partial charge in [-0.15, -0.1) is 0 Å². The van der Waals surface area contributed by atoms with E-state index in [-0.39, 0.29) is 27.6 Å². The summed E-state index contributed by atoms with van der Waals surface area (Å²) in [7, 11) is 0. The molecule has 0 fully saturated rings. The van der Waals surface area contributed by atoms with E-state index in [2.05, 4.69) is 10.5 Å². The van der Waals surface area contributed by atoms with E-state index < -0.39 is 35.4 Å². The second kappa shape index (κ2) is 8.81. The largest absolute Gasteiger partial charge is 0.444 e. The van der Waals surface area contributed by atoms with Crippen molar-refractivity contribution in [2.75, 3.05) is 5.32 Å². The smallest absolute Gasteiger partial charge is 0.418 e. The summed E-state index contributed by atoms with van der Waals surface area (Å²) in [4.78, 5) is 25.6. The molecule has 3 aromatic rings. The number of carbonyl (C=O) groups is 2. The molecule has 2 aromatic carbocycles. The van der Waals surface area contributed by atoms with E-state index in [0.29, 0.717) is 6.07 Å². The molecule has 1 N–H and O–H groups in total. The van der Waals surface area contributed by atoms with E-state index in [1.165, 1.54) is 32.0 Å². The third-order valence-electron chi connectivity index (χ3n) is 4.35. The zero-order chi connectivity index (χ0) is 22.8. The predicted molar refractivity (Wildman–Crippen MR) is 106 cm³/mol. The molecular weight excluding hydrogens is 437 g/mol. The number of amides is 1. The van der Waals surface area contributed by atoms with E-state index in [1.54, 1.807) is 18.2 Å². The van der Waals surface area contributed by atoms with Crippen LogP contribution >= 0.6 is 11.6 Å². The topological polar surface area (TPSA) is 81.4 Å². The van der Waals surface area contributed by atoms with Crippen molar-refractivity contribution in [3.8, 4) is 0 Å². The molecule has 0 saturated heterocycles. The number of hydrogen-bond acceptors (Lipinski definition) is 5. The molecule has 1 aromatic heterocycles. The predicted octanol–water partition coefficient (Wildman–Crippen LogP) is 5.50. The summed E-state index contributed by atoms with van der Waals surface area (Å²) in [6, 6.07) is 10.8. The number of hydrogen-bond donors (Lipinski definition) is 1. The maximum absolute atomic E-state index is 13.4. The summed E-state index contributed by atoms with van der Waals surface area (Å²) >= 11 is 5.68. The van der Waals surface area contributed by atoms with Gasteiger partial charge in [-0.3, -0.25) is 4.79 Å². The van der Waals surface area contributed by atoms with Crippen LogP contribution in [0.15, 0.2) is 53.1 Å². The first-order chi connectivity index (χ1) is 14.6. The molecule has 1 heterocycles. The van der Waals surface area contributed by atoms with Crippen molar-refractivity contribution in [1.82, 2.24) is 5.16 Å². The summed E-state index contributed by atoms with van der Waals surface area (Å²) in [5.41, 5.74) is -1.08. The lowest BCUT2D eigenvalue weighted by Crippen LogP contribution is -2.27. The first kappa shape index (κ1) is 22.4. The van der Waals surface area contributed by atoms with Crippen LogP contribution in [-0.4, -0.2) is 17.0 Å². The zero-order valence-electron chi connectivity index (χ0n) is 16.3. The fourth-order valence-corrected chi connectivity index (χ4v) is 3.07. The Morgan fingerprint density at radius 1 is 1.13 bits per heavy atom. The first-order valence-electron chi connectivity index (χ1n) is 8.94. The Morgan fingerprint density at radius 3 is 2.39 bits per heavy atom. The average Bonchev–Trinajstić information content (AvgIpc) is 3.05. The van der Waals surface area contributed by atoms with Crippen molar-refractivity contribution >= 4 is 29.2 Å². The molecule has 31 heavy (non-hydrogen) atoms. The minimum absolute atomic E-state index is 0.0382. The Kier molecular flexibility index (Phi) is 6.35. The molecule has 0 aliphatic heterocycles. The molecule has 10 heteroatoms. The van der Waals surface area contributed by atoms with Gasteiger partial charge < -0.3 is 14.6 Å². The van der Waals surface area contributed by atoms with Gasteiger partial charge in [0, 0.05) is 10.6 Å². The number of aromatic nitrogens is 1. The van der Waals surface area contributed by atoms with Crippen molar-refractivity contribution < 1.29 is 32.0 Å². The number of nitrogens with one attached hydrogen (secondary N) is 1. The van der Waals surface area contributed by atoms with Gasteiger partial charge in [-0.2, -0.15) is 13.2 Å². The first-order valence-corrected chi connectivity index (χ1v) is 9.32. The molecule has 1 atom stereocenters. The van der Waals surface area contributed by atoms with Crippen LogP contribution in [0.1, 0.15) is 39.0 Å². The van der Waals surface area contributed by atoms with Crippen LogP contribution < -0.4 is 5.32 Å². The summed E-state index contributed by atoms with van der Waals surface area (Å²) in [6.45, 7) is 3.02. The van der Waals surface area contributed by atoms with Crippen molar-refractivity contribution in [3.05, 3.63) is 81.7 Å². The lowest BCUT2D eigenvalue weighted by molar-refractivity contribution is -0.137. The van der Waals surface area contributed by atoms with Crippen LogP contribution in [-0.2, 0) is 15.7 Å². The maximum atomic E-state index is 13.4. The van der Waals surface area contributed by atoms with E-state index in [0.717, 1.165) is 6.07 Å². The van der Waals surface area contributed by atoms with Gasteiger partial charge in [0.05, 0.1) is 16.9 Å².